The highest BCUT2D eigenvalue weighted by Crippen LogP contribution is 2.52. The lowest BCUT2D eigenvalue weighted by molar-refractivity contribution is 0.424. The Kier molecular flexibility index (Phi) is 7.48. The summed E-state index contributed by atoms with van der Waals surface area (Å²) < 4.78 is 7.31. The van der Waals surface area contributed by atoms with Crippen molar-refractivity contribution in [1.82, 2.24) is 0 Å². The molecule has 0 radical (unpaired) electrons. The van der Waals surface area contributed by atoms with Gasteiger partial charge in [0.1, 0.15) is 11.5 Å². The van der Waals surface area contributed by atoms with Gasteiger partial charge < -0.3 is 4.74 Å². The van der Waals surface area contributed by atoms with Crippen LogP contribution in [-0.4, -0.2) is 0 Å². The molecule has 1 heterocycles. The van der Waals surface area contributed by atoms with Gasteiger partial charge >= 0.3 is 0 Å². The molecule has 0 saturated heterocycles. The van der Waals surface area contributed by atoms with Gasteiger partial charge in [-0.05, 0) is 55.6 Å². The maximum Gasteiger partial charge on any atom is 0.139 e. The molecule has 210 valence electrons. The normalized spacial score (nSPS) is 13.3. The van der Waals surface area contributed by atoms with Gasteiger partial charge in [-0.3, -0.25) is 0 Å². The summed E-state index contributed by atoms with van der Waals surface area (Å²) in [7, 11) is -1.67. The first-order valence-corrected chi connectivity index (χ1v) is 17.5. The minimum Gasteiger partial charge on any atom is -0.455 e. The Morgan fingerprint density at radius 2 is 0.860 bits per heavy atom. The van der Waals surface area contributed by atoms with Crippen LogP contribution in [0.25, 0.3) is 0 Å². The van der Waals surface area contributed by atoms with Gasteiger partial charge in [0.2, 0.25) is 0 Å². The number of hydrogen-bond acceptors (Lipinski definition) is 1. The zero-order valence-corrected chi connectivity index (χ0v) is 26.5. The third-order valence-corrected chi connectivity index (χ3v) is 13.2. The molecule has 0 atom stereocenters. The second kappa shape index (κ2) is 11.6. The Labute approximate surface area is 257 Å². The summed E-state index contributed by atoms with van der Waals surface area (Å²) in [6.45, 7) is 6.95. The lowest BCUT2D eigenvalue weighted by Gasteiger charge is -2.39. The van der Waals surface area contributed by atoms with Crippen LogP contribution in [0, 0.1) is 6.92 Å². The zero-order chi connectivity index (χ0) is 29.4. The molecule has 0 N–H and O–H groups in total. The van der Waals surface area contributed by atoms with E-state index in [1.54, 1.807) is 0 Å². The molecule has 0 unspecified atom stereocenters. The highest BCUT2D eigenvalue weighted by molar-refractivity contribution is 7.80. The van der Waals surface area contributed by atoms with E-state index in [4.69, 9.17) is 4.74 Å². The third kappa shape index (κ3) is 5.12. The molecule has 0 fully saturated rings. The molecule has 6 aromatic rings. The number of fused-ring (bicyclic) bond motifs is 2. The summed E-state index contributed by atoms with van der Waals surface area (Å²) >= 11 is 0. The van der Waals surface area contributed by atoms with Crippen LogP contribution in [0.1, 0.15) is 30.5 Å². The first-order chi connectivity index (χ1) is 21.0. The molecule has 1 nitrogen and oxygen atoms in total. The molecule has 0 saturated carbocycles. The monoisotopic (exact) mass is 592 g/mol. The number of benzene rings is 6. The Morgan fingerprint density at radius 1 is 0.442 bits per heavy atom. The summed E-state index contributed by atoms with van der Waals surface area (Å²) in [5.41, 5.74) is 3.54. The van der Waals surface area contributed by atoms with Crippen LogP contribution in [0.4, 0.5) is 0 Å². The van der Waals surface area contributed by atoms with Crippen molar-refractivity contribution in [2.24, 2.45) is 0 Å². The molecule has 6 aromatic carbocycles. The van der Waals surface area contributed by atoms with E-state index in [1.165, 1.54) is 48.5 Å². The van der Waals surface area contributed by atoms with E-state index >= 15 is 0 Å². The molecule has 7 rings (SSSR count). The molecule has 0 bridgehead atoms. The fourth-order valence-corrected chi connectivity index (χ4v) is 11.1. The van der Waals surface area contributed by atoms with Crippen LogP contribution < -0.4 is 36.6 Å². The van der Waals surface area contributed by atoms with E-state index in [1.807, 2.05) is 0 Å². The van der Waals surface area contributed by atoms with Crippen molar-refractivity contribution < 1.29 is 4.74 Å². The van der Waals surface area contributed by atoms with Crippen LogP contribution in [0.2, 0.25) is 0 Å². The Hall–Kier alpha value is -4.02. The first-order valence-electron chi connectivity index (χ1n) is 14.8. The predicted molar refractivity (Wildman–Crippen MR) is 187 cm³/mol. The van der Waals surface area contributed by atoms with E-state index in [9.17, 15) is 0 Å². The number of hydrogen-bond donors (Lipinski definition) is 0. The molecule has 1 aliphatic rings. The maximum absolute atomic E-state index is 7.31. The summed E-state index contributed by atoms with van der Waals surface area (Å²) in [5, 5.41) is 7.84. The minimum absolute atomic E-state index is 0.234. The van der Waals surface area contributed by atoms with Gasteiger partial charge in [0.15, 0.2) is 0 Å². The Balaban J connectivity index is 1.47. The summed E-state index contributed by atoms with van der Waals surface area (Å²) in [6.07, 6.45) is 0. The molecule has 3 heteroatoms. The van der Waals surface area contributed by atoms with E-state index in [-0.39, 0.29) is 5.41 Å². The molecule has 0 amide bonds. The van der Waals surface area contributed by atoms with E-state index in [2.05, 4.69) is 172 Å². The lowest BCUT2D eigenvalue weighted by Crippen LogP contribution is -2.33. The summed E-state index contributed by atoms with van der Waals surface area (Å²) in [6, 6.07) is 55.2. The van der Waals surface area contributed by atoms with Crippen molar-refractivity contribution >= 4 is 47.7 Å². The van der Waals surface area contributed by atoms with Crippen LogP contribution in [0.15, 0.2) is 152 Å². The van der Waals surface area contributed by atoms with Crippen LogP contribution in [0.5, 0.6) is 11.5 Å². The second-order valence-corrected chi connectivity index (χ2v) is 15.9. The van der Waals surface area contributed by atoms with E-state index < -0.39 is 15.8 Å². The molecule has 1 aliphatic heterocycles. The standard InChI is InChI=1S/C40H34OP2/c1-29-27-35-39(37(28-29)43(32-21-12-6-13-22-32)33-23-14-7-15-24-33)41-38-34(40(35,2)3)25-16-26-36(38)42(30-17-8-4-9-18-30)31-19-10-5-11-20-31/h4-28H,1-3H3. The van der Waals surface area contributed by atoms with E-state index in [0.717, 1.165) is 11.5 Å². The molecule has 0 aromatic heterocycles. The van der Waals surface area contributed by atoms with Crippen LogP contribution in [0.3, 0.4) is 0 Å². The van der Waals surface area contributed by atoms with Gasteiger partial charge in [-0.25, -0.2) is 0 Å². The molecule has 0 aliphatic carbocycles. The highest BCUT2D eigenvalue weighted by Gasteiger charge is 2.39. The van der Waals surface area contributed by atoms with Crippen molar-refractivity contribution in [2.75, 3.05) is 0 Å². The smallest absolute Gasteiger partial charge is 0.139 e. The third-order valence-electron chi connectivity index (χ3n) is 8.30. The number of ether oxygens (including phenoxy) is 1. The Bertz CT molecular complexity index is 1790. The fraction of sp³-hybridized carbons (Fsp3) is 0.100. The van der Waals surface area contributed by atoms with Gasteiger partial charge in [0.25, 0.3) is 0 Å². The lowest BCUT2D eigenvalue weighted by atomic mass is 9.75. The van der Waals surface area contributed by atoms with Gasteiger partial charge in [-0.2, -0.15) is 0 Å². The quantitative estimate of drug-likeness (QED) is 0.179. The molecule has 43 heavy (non-hydrogen) atoms. The zero-order valence-electron chi connectivity index (χ0n) is 24.7. The Morgan fingerprint density at radius 3 is 1.33 bits per heavy atom. The fourth-order valence-electron chi connectivity index (χ4n) is 6.20. The van der Waals surface area contributed by atoms with Crippen molar-refractivity contribution in [3.8, 4) is 11.5 Å². The molecular formula is C40H34OP2. The van der Waals surface area contributed by atoms with Crippen molar-refractivity contribution in [1.29, 1.82) is 0 Å². The summed E-state index contributed by atoms with van der Waals surface area (Å²) in [4.78, 5) is 0. The largest absolute Gasteiger partial charge is 0.455 e. The number of aryl methyl sites for hydroxylation is 1. The van der Waals surface area contributed by atoms with Crippen LogP contribution >= 0.6 is 15.8 Å². The topological polar surface area (TPSA) is 9.23 Å². The van der Waals surface area contributed by atoms with Gasteiger partial charge in [0, 0.05) is 27.2 Å². The van der Waals surface area contributed by atoms with Gasteiger partial charge in [-0.1, -0.05) is 159 Å². The second-order valence-electron chi connectivity index (χ2n) is 11.6. The van der Waals surface area contributed by atoms with Crippen molar-refractivity contribution in [3.63, 3.8) is 0 Å². The SMILES string of the molecule is Cc1cc(P(c2ccccc2)c2ccccc2)c2c(c1)C(C)(C)c1cccc(P(c3ccccc3)c3ccccc3)c1O2. The average molecular weight is 593 g/mol. The van der Waals surface area contributed by atoms with Crippen molar-refractivity contribution in [3.05, 3.63) is 168 Å². The van der Waals surface area contributed by atoms with Crippen LogP contribution in [-0.2, 0) is 5.41 Å². The predicted octanol–water partition coefficient (Wildman–Crippen LogP) is 7.94. The molecule has 0 spiro atoms. The number of para-hydroxylation sites is 1. The van der Waals surface area contributed by atoms with E-state index in [0.29, 0.717) is 0 Å². The average Bonchev–Trinajstić information content (AvgIpc) is 3.04. The summed E-state index contributed by atoms with van der Waals surface area (Å²) in [5.74, 6) is 2.03. The van der Waals surface area contributed by atoms with Crippen molar-refractivity contribution in [2.45, 2.75) is 26.2 Å². The maximum atomic E-state index is 7.31. The minimum atomic E-state index is -0.840. The molecular weight excluding hydrogens is 558 g/mol. The van der Waals surface area contributed by atoms with Gasteiger partial charge in [0.05, 0.1) is 0 Å². The highest BCUT2D eigenvalue weighted by atomic mass is 31.1. The first kappa shape index (κ1) is 27.8. The van der Waals surface area contributed by atoms with Gasteiger partial charge in [-0.15, -0.1) is 0 Å². The number of rotatable bonds is 6.